The minimum atomic E-state index is -0.541. The van der Waals surface area contributed by atoms with Crippen molar-refractivity contribution >= 4 is 0 Å². The van der Waals surface area contributed by atoms with Crippen molar-refractivity contribution in [2.45, 2.75) is 13.0 Å². The van der Waals surface area contributed by atoms with Crippen LogP contribution >= 0.6 is 0 Å². The summed E-state index contributed by atoms with van der Waals surface area (Å²) in [5.74, 6) is -1.08. The van der Waals surface area contributed by atoms with Crippen LogP contribution in [0.4, 0.5) is 8.78 Å². The molecule has 1 rings (SSSR count). The van der Waals surface area contributed by atoms with E-state index in [1.165, 1.54) is 12.1 Å². The molecule has 0 radical (unpaired) electrons. The number of hydrogen-bond donors (Lipinski definition) is 1. The summed E-state index contributed by atoms with van der Waals surface area (Å²) in [5.41, 5.74) is 0.622. The fraction of sp³-hybridized carbons (Fsp3) is 0.571. The zero-order valence-electron chi connectivity index (χ0n) is 11.7. The normalized spacial score (nSPS) is 12.9. The van der Waals surface area contributed by atoms with Gasteiger partial charge >= 0.3 is 0 Å². The summed E-state index contributed by atoms with van der Waals surface area (Å²) >= 11 is 0. The Morgan fingerprint density at radius 2 is 1.84 bits per heavy atom. The average Bonchev–Trinajstić information content (AvgIpc) is 2.35. The highest BCUT2D eigenvalue weighted by atomic mass is 19.1. The van der Waals surface area contributed by atoms with Crippen LogP contribution in [-0.4, -0.2) is 45.3 Å². The van der Waals surface area contributed by atoms with Crippen molar-refractivity contribution in [2.75, 3.05) is 40.4 Å². The molecule has 0 aliphatic carbocycles. The first-order valence-electron chi connectivity index (χ1n) is 6.39. The van der Waals surface area contributed by atoms with Gasteiger partial charge in [0.15, 0.2) is 0 Å². The molecular formula is C14H22F2N2O. The minimum absolute atomic E-state index is 0.0824. The maximum Gasteiger partial charge on any atom is 0.126 e. The minimum Gasteiger partial charge on any atom is -0.383 e. The van der Waals surface area contributed by atoms with Crippen molar-refractivity contribution in [3.05, 3.63) is 35.4 Å². The number of likely N-dealkylation sites (N-methyl/N-ethyl adjacent to an activating group) is 1. The first kappa shape index (κ1) is 16.0. The van der Waals surface area contributed by atoms with Gasteiger partial charge in [-0.25, -0.2) is 8.78 Å². The summed E-state index contributed by atoms with van der Waals surface area (Å²) in [6.07, 6.45) is 0. The lowest BCUT2D eigenvalue weighted by Gasteiger charge is -2.19. The third kappa shape index (κ3) is 6.09. The average molecular weight is 272 g/mol. The van der Waals surface area contributed by atoms with Crippen LogP contribution in [0.25, 0.3) is 0 Å². The summed E-state index contributed by atoms with van der Waals surface area (Å²) < 4.78 is 31.2. The van der Waals surface area contributed by atoms with Crippen molar-refractivity contribution in [1.29, 1.82) is 0 Å². The molecular weight excluding hydrogens is 250 g/mol. The molecule has 0 saturated carbocycles. The number of nitrogens with one attached hydrogen (secondary N) is 1. The molecule has 0 aliphatic heterocycles. The van der Waals surface area contributed by atoms with Crippen LogP contribution in [0, 0.1) is 11.6 Å². The molecule has 1 N–H and O–H groups in total. The Kier molecular flexibility index (Phi) is 6.91. The van der Waals surface area contributed by atoms with E-state index in [9.17, 15) is 8.78 Å². The zero-order chi connectivity index (χ0) is 14.3. The molecule has 1 aromatic carbocycles. The second-order valence-electron chi connectivity index (χ2n) is 4.67. The SMILES string of the molecule is COCCN(C)CCNC(C)c1cc(F)cc(F)c1. The molecule has 0 aromatic heterocycles. The van der Waals surface area contributed by atoms with Crippen molar-refractivity contribution in [3.8, 4) is 0 Å². The fourth-order valence-corrected chi connectivity index (χ4v) is 1.77. The standard InChI is InChI=1S/C14H22F2N2O/c1-11(12-8-13(15)10-14(16)9-12)17-4-5-18(2)6-7-19-3/h8-11,17H,4-7H2,1-3H3. The van der Waals surface area contributed by atoms with Crippen LogP contribution in [0.5, 0.6) is 0 Å². The molecule has 5 heteroatoms. The maximum absolute atomic E-state index is 13.1. The van der Waals surface area contributed by atoms with Gasteiger partial charge in [-0.05, 0) is 31.7 Å². The fourth-order valence-electron chi connectivity index (χ4n) is 1.77. The van der Waals surface area contributed by atoms with E-state index in [1.807, 2.05) is 14.0 Å². The van der Waals surface area contributed by atoms with E-state index in [-0.39, 0.29) is 6.04 Å². The molecule has 0 amide bonds. The molecule has 0 fully saturated rings. The molecule has 3 nitrogen and oxygen atoms in total. The van der Waals surface area contributed by atoms with Crippen LogP contribution in [-0.2, 0) is 4.74 Å². The predicted octanol–water partition coefficient (Wildman–Crippen LogP) is 2.19. The van der Waals surface area contributed by atoms with E-state index in [4.69, 9.17) is 4.74 Å². The molecule has 1 aromatic rings. The third-order valence-electron chi connectivity index (χ3n) is 3.01. The topological polar surface area (TPSA) is 24.5 Å². The molecule has 0 heterocycles. The van der Waals surface area contributed by atoms with Crippen LogP contribution in [0.15, 0.2) is 18.2 Å². The molecule has 0 bridgehead atoms. The maximum atomic E-state index is 13.1. The lowest BCUT2D eigenvalue weighted by molar-refractivity contribution is 0.161. The molecule has 19 heavy (non-hydrogen) atoms. The number of hydrogen-bond acceptors (Lipinski definition) is 3. The number of benzene rings is 1. The van der Waals surface area contributed by atoms with Gasteiger partial charge in [-0.15, -0.1) is 0 Å². The highest BCUT2D eigenvalue weighted by molar-refractivity contribution is 5.20. The first-order chi connectivity index (χ1) is 9.02. The summed E-state index contributed by atoms with van der Waals surface area (Å²) in [7, 11) is 3.68. The number of nitrogens with zero attached hydrogens (tertiary/aromatic N) is 1. The van der Waals surface area contributed by atoms with Crippen molar-refractivity contribution in [1.82, 2.24) is 10.2 Å². The van der Waals surface area contributed by atoms with Gasteiger partial charge in [0.1, 0.15) is 11.6 Å². The Balaban J connectivity index is 2.36. The third-order valence-corrected chi connectivity index (χ3v) is 3.01. The number of ether oxygens (including phenoxy) is 1. The zero-order valence-corrected chi connectivity index (χ0v) is 11.7. The molecule has 0 saturated heterocycles. The Morgan fingerprint density at radius 1 is 1.21 bits per heavy atom. The van der Waals surface area contributed by atoms with Crippen molar-refractivity contribution < 1.29 is 13.5 Å². The van der Waals surface area contributed by atoms with Gasteiger partial charge in [0.2, 0.25) is 0 Å². The Morgan fingerprint density at radius 3 is 2.42 bits per heavy atom. The van der Waals surface area contributed by atoms with Crippen molar-refractivity contribution in [3.63, 3.8) is 0 Å². The molecule has 1 unspecified atom stereocenters. The van der Waals surface area contributed by atoms with Gasteiger partial charge in [0, 0.05) is 38.9 Å². The Hall–Kier alpha value is -1.04. The van der Waals surface area contributed by atoms with E-state index >= 15 is 0 Å². The van der Waals surface area contributed by atoms with Gasteiger partial charge in [-0.2, -0.15) is 0 Å². The smallest absolute Gasteiger partial charge is 0.126 e. The molecule has 0 aliphatic rings. The molecule has 0 spiro atoms. The van der Waals surface area contributed by atoms with E-state index in [0.29, 0.717) is 12.2 Å². The lowest BCUT2D eigenvalue weighted by Crippen LogP contribution is -2.32. The quantitative estimate of drug-likeness (QED) is 0.785. The summed E-state index contributed by atoms with van der Waals surface area (Å²) in [6, 6.07) is 3.51. The summed E-state index contributed by atoms with van der Waals surface area (Å²) in [5, 5.41) is 3.24. The highest BCUT2D eigenvalue weighted by Crippen LogP contribution is 2.15. The monoisotopic (exact) mass is 272 g/mol. The predicted molar refractivity (Wildman–Crippen MR) is 72.1 cm³/mol. The lowest BCUT2D eigenvalue weighted by atomic mass is 10.1. The highest BCUT2D eigenvalue weighted by Gasteiger charge is 2.08. The van der Waals surface area contributed by atoms with Crippen LogP contribution < -0.4 is 5.32 Å². The second-order valence-corrected chi connectivity index (χ2v) is 4.67. The first-order valence-corrected chi connectivity index (χ1v) is 6.39. The van der Waals surface area contributed by atoms with Crippen LogP contribution in [0.2, 0.25) is 0 Å². The van der Waals surface area contributed by atoms with Gasteiger partial charge in [0.05, 0.1) is 6.61 Å². The van der Waals surface area contributed by atoms with Gasteiger partial charge in [-0.1, -0.05) is 0 Å². The molecule has 1 atom stereocenters. The Labute approximate surface area is 113 Å². The number of rotatable bonds is 8. The summed E-state index contributed by atoms with van der Waals surface area (Å²) in [6.45, 7) is 5.05. The molecule has 108 valence electrons. The van der Waals surface area contributed by atoms with E-state index in [2.05, 4.69) is 10.2 Å². The summed E-state index contributed by atoms with van der Waals surface area (Å²) in [4.78, 5) is 2.13. The van der Waals surface area contributed by atoms with Gasteiger partial charge < -0.3 is 15.0 Å². The largest absolute Gasteiger partial charge is 0.383 e. The number of halogens is 2. The Bertz CT molecular complexity index is 367. The van der Waals surface area contributed by atoms with E-state index in [1.54, 1.807) is 7.11 Å². The number of methoxy groups -OCH3 is 1. The van der Waals surface area contributed by atoms with Crippen LogP contribution in [0.3, 0.4) is 0 Å². The van der Waals surface area contributed by atoms with Gasteiger partial charge in [0.25, 0.3) is 0 Å². The van der Waals surface area contributed by atoms with Crippen LogP contribution in [0.1, 0.15) is 18.5 Å². The van der Waals surface area contributed by atoms with E-state index in [0.717, 1.165) is 25.7 Å². The van der Waals surface area contributed by atoms with Crippen molar-refractivity contribution in [2.24, 2.45) is 0 Å². The second kappa shape index (κ2) is 8.19. The van der Waals surface area contributed by atoms with Gasteiger partial charge in [-0.3, -0.25) is 0 Å². The van der Waals surface area contributed by atoms with E-state index < -0.39 is 11.6 Å².